The van der Waals surface area contributed by atoms with Crippen molar-refractivity contribution in [1.82, 2.24) is 0 Å². The van der Waals surface area contributed by atoms with Crippen LogP contribution in [0.2, 0.25) is 0 Å². The third-order valence-electron chi connectivity index (χ3n) is 3.21. The molecule has 0 unspecified atom stereocenters. The molecule has 4 nitrogen and oxygen atoms in total. The van der Waals surface area contributed by atoms with Gasteiger partial charge in [0.15, 0.2) is 0 Å². The Morgan fingerprint density at radius 1 is 1.29 bits per heavy atom. The van der Waals surface area contributed by atoms with Crippen molar-refractivity contribution in [2.45, 2.75) is 27.2 Å². The van der Waals surface area contributed by atoms with Crippen LogP contribution in [0.3, 0.4) is 0 Å². The van der Waals surface area contributed by atoms with E-state index in [9.17, 15) is 9.59 Å². The molecule has 0 spiro atoms. The Morgan fingerprint density at radius 2 is 1.94 bits per heavy atom. The van der Waals surface area contributed by atoms with Crippen LogP contribution in [0.5, 0.6) is 0 Å². The van der Waals surface area contributed by atoms with E-state index in [0.29, 0.717) is 11.4 Å². The summed E-state index contributed by atoms with van der Waals surface area (Å²) in [5.41, 5.74) is 7.14. The maximum Gasteiger partial charge on any atom is 0.239 e. The first kappa shape index (κ1) is 11.6. The van der Waals surface area contributed by atoms with Crippen LogP contribution in [-0.2, 0) is 9.59 Å². The van der Waals surface area contributed by atoms with Crippen LogP contribution in [0.25, 0.3) is 0 Å². The molecule has 1 aliphatic rings. The summed E-state index contributed by atoms with van der Waals surface area (Å²) in [7, 11) is 0. The summed E-state index contributed by atoms with van der Waals surface area (Å²) in [6.45, 7) is 5.39. The number of carbonyl (C=O) groups is 2. The van der Waals surface area contributed by atoms with Crippen LogP contribution in [-0.4, -0.2) is 11.8 Å². The van der Waals surface area contributed by atoms with E-state index >= 15 is 0 Å². The molecule has 0 saturated carbocycles. The second-order valence-electron chi connectivity index (χ2n) is 5.09. The van der Waals surface area contributed by atoms with Gasteiger partial charge >= 0.3 is 0 Å². The predicted molar refractivity (Wildman–Crippen MR) is 66.5 cm³/mol. The predicted octanol–water partition coefficient (Wildman–Crippen LogP) is 1.87. The fourth-order valence-electron chi connectivity index (χ4n) is 2.08. The largest absolute Gasteiger partial charge is 0.398 e. The Hall–Kier alpha value is -1.84. The highest BCUT2D eigenvalue weighted by Gasteiger charge is 2.45. The smallest absolute Gasteiger partial charge is 0.239 e. The maximum absolute atomic E-state index is 12.2. The topological polar surface area (TPSA) is 63.4 Å². The molecule has 0 aliphatic carbocycles. The number of nitrogens with zero attached hydrogens (tertiary/aromatic N) is 1. The number of hydrogen-bond acceptors (Lipinski definition) is 3. The number of nitrogens with two attached hydrogens (primary N) is 1. The lowest BCUT2D eigenvalue weighted by Gasteiger charge is -2.20. The number of benzene rings is 1. The summed E-state index contributed by atoms with van der Waals surface area (Å²) in [6, 6.07) is 5.27. The van der Waals surface area contributed by atoms with Crippen LogP contribution in [0, 0.1) is 12.3 Å². The summed E-state index contributed by atoms with van der Waals surface area (Å²) >= 11 is 0. The van der Waals surface area contributed by atoms with Crippen molar-refractivity contribution in [3.05, 3.63) is 23.8 Å². The number of rotatable bonds is 1. The van der Waals surface area contributed by atoms with Gasteiger partial charge in [-0.1, -0.05) is 19.9 Å². The fourth-order valence-corrected chi connectivity index (χ4v) is 2.08. The zero-order chi connectivity index (χ0) is 12.8. The summed E-state index contributed by atoms with van der Waals surface area (Å²) in [5, 5.41) is 0. The molecule has 2 rings (SSSR count). The number of imide groups is 1. The van der Waals surface area contributed by atoms with Gasteiger partial charge in [-0.25, -0.2) is 4.90 Å². The maximum atomic E-state index is 12.2. The fraction of sp³-hybridized carbons (Fsp3) is 0.385. The molecule has 1 saturated heterocycles. The number of anilines is 2. The molecule has 17 heavy (non-hydrogen) atoms. The molecular weight excluding hydrogens is 216 g/mol. The van der Waals surface area contributed by atoms with Crippen LogP contribution in [0.4, 0.5) is 11.4 Å². The number of carbonyl (C=O) groups excluding carboxylic acids is 2. The summed E-state index contributed by atoms with van der Waals surface area (Å²) in [4.78, 5) is 25.3. The molecule has 2 amide bonds. The van der Waals surface area contributed by atoms with E-state index in [1.807, 2.05) is 6.92 Å². The highest BCUT2D eigenvalue weighted by molar-refractivity contribution is 6.22. The Kier molecular flexibility index (Phi) is 2.45. The molecule has 1 aromatic carbocycles. The van der Waals surface area contributed by atoms with E-state index in [2.05, 4.69) is 0 Å². The van der Waals surface area contributed by atoms with E-state index < -0.39 is 5.41 Å². The molecule has 0 bridgehead atoms. The van der Waals surface area contributed by atoms with E-state index in [-0.39, 0.29) is 18.2 Å². The van der Waals surface area contributed by atoms with Gasteiger partial charge in [0.2, 0.25) is 11.8 Å². The second-order valence-corrected chi connectivity index (χ2v) is 5.09. The molecular formula is C13H16N2O2. The van der Waals surface area contributed by atoms with Gasteiger partial charge < -0.3 is 5.73 Å². The van der Waals surface area contributed by atoms with Crippen LogP contribution >= 0.6 is 0 Å². The molecule has 1 aromatic rings. The van der Waals surface area contributed by atoms with Gasteiger partial charge in [-0.3, -0.25) is 9.59 Å². The van der Waals surface area contributed by atoms with Crippen LogP contribution < -0.4 is 10.6 Å². The molecule has 1 aliphatic heterocycles. The van der Waals surface area contributed by atoms with Gasteiger partial charge in [-0.15, -0.1) is 0 Å². The molecule has 0 atom stereocenters. The van der Waals surface area contributed by atoms with Crippen molar-refractivity contribution in [2.24, 2.45) is 5.41 Å². The van der Waals surface area contributed by atoms with E-state index in [1.54, 1.807) is 32.0 Å². The Morgan fingerprint density at radius 3 is 2.47 bits per heavy atom. The van der Waals surface area contributed by atoms with Crippen molar-refractivity contribution in [2.75, 3.05) is 10.6 Å². The number of hydrogen-bond donors (Lipinski definition) is 1. The molecule has 1 fully saturated rings. The minimum atomic E-state index is -0.617. The number of amides is 2. The van der Waals surface area contributed by atoms with E-state index in [1.165, 1.54) is 4.90 Å². The molecule has 0 radical (unpaired) electrons. The third-order valence-corrected chi connectivity index (χ3v) is 3.21. The van der Waals surface area contributed by atoms with Gasteiger partial charge in [0, 0.05) is 12.1 Å². The Labute approximate surface area is 100 Å². The summed E-state index contributed by atoms with van der Waals surface area (Å²) in [5.74, 6) is -0.315. The molecule has 0 aromatic heterocycles. The summed E-state index contributed by atoms with van der Waals surface area (Å²) < 4.78 is 0. The van der Waals surface area contributed by atoms with Crippen LogP contribution in [0.15, 0.2) is 18.2 Å². The Balaban J connectivity index is 2.51. The van der Waals surface area contributed by atoms with Gasteiger partial charge in [-0.05, 0) is 24.6 Å². The van der Waals surface area contributed by atoms with Gasteiger partial charge in [0.1, 0.15) is 0 Å². The van der Waals surface area contributed by atoms with Crippen molar-refractivity contribution >= 4 is 23.2 Å². The SMILES string of the molecule is Cc1c(N)cccc1N1C(=O)CC(C)(C)C1=O. The lowest BCUT2D eigenvalue weighted by molar-refractivity contribution is -0.124. The van der Waals surface area contributed by atoms with Crippen molar-refractivity contribution in [3.8, 4) is 0 Å². The quantitative estimate of drug-likeness (QED) is 0.594. The van der Waals surface area contributed by atoms with Crippen LogP contribution in [0.1, 0.15) is 25.8 Å². The average molecular weight is 232 g/mol. The van der Waals surface area contributed by atoms with Crippen molar-refractivity contribution in [3.63, 3.8) is 0 Å². The van der Waals surface area contributed by atoms with Gasteiger partial charge in [-0.2, -0.15) is 0 Å². The minimum Gasteiger partial charge on any atom is -0.398 e. The van der Waals surface area contributed by atoms with E-state index in [0.717, 1.165) is 5.56 Å². The number of nitrogen functional groups attached to an aromatic ring is 1. The highest BCUT2D eigenvalue weighted by atomic mass is 16.2. The second kappa shape index (κ2) is 3.58. The van der Waals surface area contributed by atoms with Gasteiger partial charge in [0.25, 0.3) is 0 Å². The minimum absolute atomic E-state index is 0.156. The first-order chi connectivity index (χ1) is 7.84. The normalized spacial score (nSPS) is 18.9. The summed E-state index contributed by atoms with van der Waals surface area (Å²) in [6.07, 6.45) is 0.250. The molecule has 4 heteroatoms. The first-order valence-electron chi connectivity index (χ1n) is 5.57. The van der Waals surface area contributed by atoms with Crippen molar-refractivity contribution in [1.29, 1.82) is 0 Å². The monoisotopic (exact) mass is 232 g/mol. The first-order valence-corrected chi connectivity index (χ1v) is 5.57. The molecule has 90 valence electrons. The zero-order valence-corrected chi connectivity index (χ0v) is 10.3. The van der Waals surface area contributed by atoms with E-state index in [4.69, 9.17) is 5.73 Å². The molecule has 1 heterocycles. The Bertz CT molecular complexity index is 506. The van der Waals surface area contributed by atoms with Gasteiger partial charge in [0.05, 0.1) is 11.1 Å². The highest BCUT2D eigenvalue weighted by Crippen LogP contribution is 2.37. The lowest BCUT2D eigenvalue weighted by atomic mass is 9.92. The standard InChI is InChI=1S/C13H16N2O2/c1-8-9(14)5-4-6-10(8)15-11(16)7-13(2,3)12(15)17/h4-6H,7,14H2,1-3H3. The zero-order valence-electron chi connectivity index (χ0n) is 10.3. The average Bonchev–Trinajstić information content (AvgIpc) is 2.42. The van der Waals surface area contributed by atoms with Crippen molar-refractivity contribution < 1.29 is 9.59 Å². The molecule has 2 N–H and O–H groups in total. The third kappa shape index (κ3) is 1.69. The lowest BCUT2D eigenvalue weighted by Crippen LogP contribution is -2.33.